The molecule has 2 atom stereocenters. The lowest BCUT2D eigenvalue weighted by molar-refractivity contribution is -0.143. The molecule has 0 aromatic rings. The molecule has 0 aromatic heterocycles. The normalized spacial score (nSPS) is 29.6. The Morgan fingerprint density at radius 3 is 2.72 bits per heavy atom. The summed E-state index contributed by atoms with van der Waals surface area (Å²) in [6.07, 6.45) is 4.45. The van der Waals surface area contributed by atoms with Crippen molar-refractivity contribution in [3.05, 3.63) is 0 Å². The summed E-state index contributed by atoms with van der Waals surface area (Å²) in [5.41, 5.74) is -0.672. The summed E-state index contributed by atoms with van der Waals surface area (Å²) in [5, 5.41) is 15.0. The zero-order chi connectivity index (χ0) is 13.2. The maximum atomic E-state index is 12.0. The van der Waals surface area contributed by atoms with Crippen molar-refractivity contribution in [2.45, 2.75) is 45.1 Å². The van der Waals surface area contributed by atoms with E-state index in [4.69, 9.17) is 5.11 Å². The van der Waals surface area contributed by atoms with E-state index in [9.17, 15) is 9.59 Å². The van der Waals surface area contributed by atoms with Gasteiger partial charge in [0.15, 0.2) is 0 Å². The van der Waals surface area contributed by atoms with Crippen LogP contribution in [0.25, 0.3) is 0 Å². The second-order valence-corrected chi connectivity index (χ2v) is 5.61. The van der Waals surface area contributed by atoms with E-state index in [-0.39, 0.29) is 18.5 Å². The van der Waals surface area contributed by atoms with Gasteiger partial charge in [0.2, 0.25) is 5.91 Å². The van der Waals surface area contributed by atoms with Crippen molar-refractivity contribution in [1.82, 2.24) is 10.6 Å². The number of amides is 1. The molecule has 2 fully saturated rings. The van der Waals surface area contributed by atoms with Crippen molar-refractivity contribution < 1.29 is 14.7 Å². The van der Waals surface area contributed by atoms with E-state index in [0.717, 1.165) is 25.8 Å². The van der Waals surface area contributed by atoms with Gasteiger partial charge in [0, 0.05) is 6.54 Å². The minimum Gasteiger partial charge on any atom is -0.481 e. The van der Waals surface area contributed by atoms with Crippen molar-refractivity contribution in [3.63, 3.8) is 0 Å². The summed E-state index contributed by atoms with van der Waals surface area (Å²) in [6, 6.07) is -0.145. The molecule has 1 amide bonds. The van der Waals surface area contributed by atoms with Gasteiger partial charge in [0.25, 0.3) is 0 Å². The first-order valence-corrected chi connectivity index (χ1v) is 6.82. The Hall–Kier alpha value is -1.10. The van der Waals surface area contributed by atoms with Crippen molar-refractivity contribution in [2.75, 3.05) is 13.1 Å². The Bertz CT molecular complexity index is 339. The maximum Gasteiger partial charge on any atom is 0.311 e. The van der Waals surface area contributed by atoms with Gasteiger partial charge in [-0.2, -0.15) is 0 Å². The van der Waals surface area contributed by atoms with Gasteiger partial charge >= 0.3 is 5.97 Å². The molecule has 0 aromatic carbocycles. The molecule has 2 rings (SSSR count). The highest BCUT2D eigenvalue weighted by Crippen LogP contribution is 2.45. The number of carboxylic acids is 1. The highest BCUT2D eigenvalue weighted by Gasteiger charge is 2.50. The summed E-state index contributed by atoms with van der Waals surface area (Å²) in [6.45, 7) is 3.30. The van der Waals surface area contributed by atoms with E-state index in [2.05, 4.69) is 17.6 Å². The number of hydrogen-bond acceptors (Lipinski definition) is 3. The van der Waals surface area contributed by atoms with Crippen LogP contribution in [0.15, 0.2) is 0 Å². The predicted molar refractivity (Wildman–Crippen MR) is 67.1 cm³/mol. The first-order chi connectivity index (χ1) is 8.57. The number of hydrogen-bond donors (Lipinski definition) is 3. The minimum absolute atomic E-state index is 0.0410. The fraction of sp³-hybridized carbons (Fsp3) is 0.846. The molecule has 1 heterocycles. The van der Waals surface area contributed by atoms with Crippen molar-refractivity contribution in [3.8, 4) is 0 Å². The van der Waals surface area contributed by atoms with Crippen LogP contribution < -0.4 is 10.6 Å². The summed E-state index contributed by atoms with van der Waals surface area (Å²) in [5.74, 6) is -0.220. The number of aliphatic carboxylic acids is 1. The molecule has 102 valence electrons. The lowest BCUT2D eigenvalue weighted by Gasteiger charge is -2.29. The van der Waals surface area contributed by atoms with E-state index < -0.39 is 11.4 Å². The molecule has 1 aliphatic heterocycles. The van der Waals surface area contributed by atoms with E-state index in [1.165, 1.54) is 0 Å². The van der Waals surface area contributed by atoms with E-state index in [1.54, 1.807) is 0 Å². The largest absolute Gasteiger partial charge is 0.481 e. The molecule has 0 radical (unpaired) electrons. The summed E-state index contributed by atoms with van der Waals surface area (Å²) in [7, 11) is 0. The standard InChI is InChI=1S/C13H22N2O3/c1-2-9-3-6-14-10(7-9)11(16)15-8-13(4-5-13)12(17)18/h9-10,14H,2-8H2,1H3,(H,15,16)(H,17,18). The molecule has 0 bridgehead atoms. The lowest BCUT2D eigenvalue weighted by atomic mass is 9.90. The fourth-order valence-electron chi connectivity index (χ4n) is 2.56. The van der Waals surface area contributed by atoms with E-state index in [1.807, 2.05) is 0 Å². The summed E-state index contributed by atoms with van der Waals surface area (Å²) < 4.78 is 0. The Morgan fingerprint density at radius 1 is 1.44 bits per heavy atom. The number of carbonyl (C=O) groups is 2. The third kappa shape index (κ3) is 2.83. The molecule has 2 unspecified atom stereocenters. The highest BCUT2D eigenvalue weighted by molar-refractivity contribution is 5.84. The van der Waals surface area contributed by atoms with E-state index >= 15 is 0 Å². The third-order valence-corrected chi connectivity index (χ3v) is 4.31. The zero-order valence-corrected chi connectivity index (χ0v) is 10.9. The number of carboxylic acid groups (broad SMARTS) is 1. The molecule has 5 nitrogen and oxygen atoms in total. The summed E-state index contributed by atoms with van der Waals surface area (Å²) >= 11 is 0. The second kappa shape index (κ2) is 5.26. The van der Waals surface area contributed by atoms with Gasteiger partial charge in [0.05, 0.1) is 11.5 Å². The van der Waals surface area contributed by atoms with Crippen molar-refractivity contribution in [1.29, 1.82) is 0 Å². The van der Waals surface area contributed by atoms with Crippen LogP contribution in [0.3, 0.4) is 0 Å². The predicted octanol–water partition coefficient (Wildman–Crippen LogP) is 0.746. The van der Waals surface area contributed by atoms with Gasteiger partial charge in [0.1, 0.15) is 0 Å². The smallest absolute Gasteiger partial charge is 0.311 e. The van der Waals surface area contributed by atoms with Crippen molar-refractivity contribution in [2.24, 2.45) is 11.3 Å². The molecule has 1 saturated carbocycles. The number of nitrogens with one attached hydrogen (secondary N) is 2. The molecule has 1 saturated heterocycles. The second-order valence-electron chi connectivity index (χ2n) is 5.61. The molecule has 0 spiro atoms. The number of carbonyl (C=O) groups excluding carboxylic acids is 1. The van der Waals surface area contributed by atoms with Crippen LogP contribution in [-0.2, 0) is 9.59 Å². The van der Waals surface area contributed by atoms with Gasteiger partial charge in [-0.1, -0.05) is 13.3 Å². The molecular weight excluding hydrogens is 232 g/mol. The van der Waals surface area contributed by atoms with E-state index in [0.29, 0.717) is 18.8 Å². The molecule has 2 aliphatic rings. The SMILES string of the molecule is CCC1CCNC(C(=O)NCC2(C(=O)O)CC2)C1. The Balaban J connectivity index is 1.79. The Morgan fingerprint density at radius 2 is 2.17 bits per heavy atom. The van der Waals surface area contributed by atoms with Crippen LogP contribution >= 0.6 is 0 Å². The molecular formula is C13H22N2O3. The number of rotatable bonds is 5. The topological polar surface area (TPSA) is 78.4 Å². The first-order valence-electron chi connectivity index (χ1n) is 6.82. The van der Waals surface area contributed by atoms with Crippen LogP contribution in [0.1, 0.15) is 39.0 Å². The molecule has 1 aliphatic carbocycles. The quantitative estimate of drug-likeness (QED) is 0.676. The first kappa shape index (κ1) is 13.3. The Kier molecular flexibility index (Phi) is 3.90. The van der Waals surface area contributed by atoms with Crippen LogP contribution in [0, 0.1) is 11.3 Å². The van der Waals surface area contributed by atoms with Gasteiger partial charge in [-0.05, 0) is 38.1 Å². The zero-order valence-electron chi connectivity index (χ0n) is 10.9. The molecule has 3 N–H and O–H groups in total. The summed E-state index contributed by atoms with van der Waals surface area (Å²) in [4.78, 5) is 23.0. The van der Waals surface area contributed by atoms with Gasteiger partial charge in [-0.3, -0.25) is 9.59 Å². The number of piperidine rings is 1. The average Bonchev–Trinajstić information content (AvgIpc) is 3.17. The third-order valence-electron chi connectivity index (χ3n) is 4.31. The van der Waals surface area contributed by atoms with Crippen LogP contribution in [0.5, 0.6) is 0 Å². The van der Waals surface area contributed by atoms with Gasteiger partial charge in [-0.15, -0.1) is 0 Å². The van der Waals surface area contributed by atoms with Crippen LogP contribution in [-0.4, -0.2) is 36.1 Å². The van der Waals surface area contributed by atoms with Gasteiger partial charge < -0.3 is 15.7 Å². The van der Waals surface area contributed by atoms with Crippen LogP contribution in [0.4, 0.5) is 0 Å². The molecule has 5 heteroatoms. The minimum atomic E-state index is -0.786. The van der Waals surface area contributed by atoms with Crippen LogP contribution in [0.2, 0.25) is 0 Å². The van der Waals surface area contributed by atoms with Gasteiger partial charge in [-0.25, -0.2) is 0 Å². The maximum absolute atomic E-state index is 12.0. The van der Waals surface area contributed by atoms with Crippen molar-refractivity contribution >= 4 is 11.9 Å². The highest BCUT2D eigenvalue weighted by atomic mass is 16.4. The fourth-order valence-corrected chi connectivity index (χ4v) is 2.56. The monoisotopic (exact) mass is 254 g/mol. The average molecular weight is 254 g/mol. The Labute approximate surface area is 107 Å². The molecule has 18 heavy (non-hydrogen) atoms. The lowest BCUT2D eigenvalue weighted by Crippen LogP contribution is -2.50.